The molecule has 2 aromatic carbocycles. The fourth-order valence-electron chi connectivity index (χ4n) is 2.55. The highest BCUT2D eigenvalue weighted by molar-refractivity contribution is 9.10. The molecule has 1 aliphatic rings. The number of nitrogens with two attached hydrogens (primary N) is 1. The van der Waals surface area contributed by atoms with Crippen LogP contribution in [0.1, 0.15) is 18.4 Å². The molecule has 0 aliphatic heterocycles. The molecular formula is C17H16BrN. The molecule has 2 aromatic rings. The molecule has 0 saturated heterocycles. The van der Waals surface area contributed by atoms with E-state index in [0.29, 0.717) is 0 Å². The van der Waals surface area contributed by atoms with Crippen LogP contribution in [0.4, 0.5) is 0 Å². The molecule has 0 spiro atoms. The zero-order chi connectivity index (χ0) is 13.2. The van der Waals surface area contributed by atoms with Crippen LogP contribution in [0.5, 0.6) is 0 Å². The Bertz CT molecular complexity index is 613. The van der Waals surface area contributed by atoms with Crippen molar-refractivity contribution in [1.29, 1.82) is 0 Å². The summed E-state index contributed by atoms with van der Waals surface area (Å²) in [6.07, 6.45) is 4.35. The Morgan fingerprint density at radius 2 is 1.63 bits per heavy atom. The normalized spacial score (nSPS) is 18.4. The quantitative estimate of drug-likeness (QED) is 0.860. The van der Waals surface area contributed by atoms with Crippen LogP contribution < -0.4 is 5.73 Å². The Balaban J connectivity index is 1.92. The average molecular weight is 314 g/mol. The molecule has 3 rings (SSSR count). The smallest absolute Gasteiger partial charge is 0.0253 e. The fraction of sp³-hybridized carbons (Fsp3) is 0.176. The van der Waals surface area contributed by atoms with Gasteiger partial charge in [0.15, 0.2) is 0 Å². The third-order valence-electron chi connectivity index (χ3n) is 3.60. The van der Waals surface area contributed by atoms with Crippen molar-refractivity contribution in [1.82, 2.24) is 0 Å². The Kier molecular flexibility index (Phi) is 3.54. The zero-order valence-electron chi connectivity index (χ0n) is 10.6. The van der Waals surface area contributed by atoms with E-state index in [0.717, 1.165) is 17.3 Å². The van der Waals surface area contributed by atoms with Crippen LogP contribution in [0.3, 0.4) is 0 Å². The number of rotatable bonds is 2. The number of hydrogen-bond acceptors (Lipinski definition) is 1. The van der Waals surface area contributed by atoms with E-state index in [-0.39, 0.29) is 6.04 Å². The van der Waals surface area contributed by atoms with Gasteiger partial charge in [-0.25, -0.2) is 0 Å². The monoisotopic (exact) mass is 313 g/mol. The first-order valence-electron chi connectivity index (χ1n) is 6.55. The van der Waals surface area contributed by atoms with Crippen molar-refractivity contribution in [2.45, 2.75) is 18.9 Å². The molecule has 0 radical (unpaired) electrons. The molecule has 1 atom stereocenters. The minimum Gasteiger partial charge on any atom is -0.324 e. The van der Waals surface area contributed by atoms with Crippen molar-refractivity contribution >= 4 is 21.5 Å². The zero-order valence-corrected chi connectivity index (χ0v) is 12.2. The standard InChI is InChI=1S/C17H16BrN/c18-17-4-2-1-3-16(17)13-7-5-12(6-8-13)14-9-10-15(19)11-14/h1-8,11,15H,9-10,19H2. The van der Waals surface area contributed by atoms with Gasteiger partial charge >= 0.3 is 0 Å². The van der Waals surface area contributed by atoms with E-state index in [1.54, 1.807) is 0 Å². The predicted octanol–water partition coefficient (Wildman–Crippen LogP) is 4.62. The van der Waals surface area contributed by atoms with Crippen molar-refractivity contribution in [3.63, 3.8) is 0 Å². The maximum Gasteiger partial charge on any atom is 0.0253 e. The van der Waals surface area contributed by atoms with Gasteiger partial charge in [-0.2, -0.15) is 0 Å². The minimum absolute atomic E-state index is 0.234. The molecule has 2 heteroatoms. The number of hydrogen-bond donors (Lipinski definition) is 1. The van der Waals surface area contributed by atoms with Gasteiger partial charge in [0.25, 0.3) is 0 Å². The average Bonchev–Trinajstić information content (AvgIpc) is 2.86. The molecule has 0 fully saturated rings. The second-order valence-electron chi connectivity index (χ2n) is 4.95. The summed E-state index contributed by atoms with van der Waals surface area (Å²) in [5.41, 5.74) is 11.1. The van der Waals surface area contributed by atoms with Gasteiger partial charge in [0.1, 0.15) is 0 Å². The Labute approximate surface area is 122 Å². The van der Waals surface area contributed by atoms with Gasteiger partial charge in [0, 0.05) is 10.5 Å². The first-order valence-corrected chi connectivity index (χ1v) is 7.35. The van der Waals surface area contributed by atoms with E-state index in [1.165, 1.54) is 22.3 Å². The predicted molar refractivity (Wildman–Crippen MR) is 84.8 cm³/mol. The third-order valence-corrected chi connectivity index (χ3v) is 4.29. The van der Waals surface area contributed by atoms with Crippen molar-refractivity contribution in [3.05, 3.63) is 64.6 Å². The lowest BCUT2D eigenvalue weighted by Gasteiger charge is -2.07. The second-order valence-corrected chi connectivity index (χ2v) is 5.81. The van der Waals surface area contributed by atoms with Crippen molar-refractivity contribution in [3.8, 4) is 11.1 Å². The molecule has 0 aromatic heterocycles. The van der Waals surface area contributed by atoms with E-state index < -0.39 is 0 Å². The summed E-state index contributed by atoms with van der Waals surface area (Å²) in [5.74, 6) is 0. The van der Waals surface area contributed by atoms with Crippen LogP contribution >= 0.6 is 15.9 Å². The molecule has 1 unspecified atom stereocenters. The van der Waals surface area contributed by atoms with Gasteiger partial charge in [-0.15, -0.1) is 0 Å². The molecule has 19 heavy (non-hydrogen) atoms. The van der Waals surface area contributed by atoms with Crippen LogP contribution in [-0.4, -0.2) is 6.04 Å². The summed E-state index contributed by atoms with van der Waals surface area (Å²) >= 11 is 3.60. The summed E-state index contributed by atoms with van der Waals surface area (Å²) in [5, 5.41) is 0. The minimum atomic E-state index is 0.234. The topological polar surface area (TPSA) is 26.0 Å². The highest BCUT2D eigenvalue weighted by atomic mass is 79.9. The fourth-order valence-corrected chi connectivity index (χ4v) is 3.06. The summed E-state index contributed by atoms with van der Waals surface area (Å²) in [6.45, 7) is 0. The Morgan fingerprint density at radius 3 is 2.26 bits per heavy atom. The van der Waals surface area contributed by atoms with Crippen molar-refractivity contribution in [2.24, 2.45) is 5.73 Å². The van der Waals surface area contributed by atoms with E-state index in [1.807, 2.05) is 6.07 Å². The molecular weight excluding hydrogens is 298 g/mol. The third kappa shape index (κ3) is 2.65. The van der Waals surface area contributed by atoms with Gasteiger partial charge < -0.3 is 5.73 Å². The molecule has 1 aliphatic carbocycles. The highest BCUT2D eigenvalue weighted by Gasteiger charge is 2.13. The second kappa shape index (κ2) is 5.32. The summed E-state index contributed by atoms with van der Waals surface area (Å²) in [7, 11) is 0. The van der Waals surface area contributed by atoms with Crippen LogP contribution in [0.2, 0.25) is 0 Å². The Morgan fingerprint density at radius 1 is 0.947 bits per heavy atom. The van der Waals surface area contributed by atoms with E-state index in [9.17, 15) is 0 Å². The van der Waals surface area contributed by atoms with Gasteiger partial charge in [-0.3, -0.25) is 0 Å². The van der Waals surface area contributed by atoms with E-state index >= 15 is 0 Å². The molecule has 96 valence electrons. The lowest BCUT2D eigenvalue weighted by atomic mass is 10.0. The van der Waals surface area contributed by atoms with Gasteiger partial charge in [-0.1, -0.05) is 64.5 Å². The first-order chi connectivity index (χ1) is 9.24. The molecule has 0 heterocycles. The Hall–Kier alpha value is -1.38. The van der Waals surface area contributed by atoms with Crippen molar-refractivity contribution in [2.75, 3.05) is 0 Å². The number of halogens is 1. The van der Waals surface area contributed by atoms with Crippen LogP contribution in [0.15, 0.2) is 59.1 Å². The molecule has 0 saturated carbocycles. The summed E-state index contributed by atoms with van der Waals surface area (Å²) < 4.78 is 1.13. The lowest BCUT2D eigenvalue weighted by molar-refractivity contribution is 0.782. The molecule has 1 nitrogen and oxygen atoms in total. The van der Waals surface area contributed by atoms with Crippen LogP contribution in [-0.2, 0) is 0 Å². The maximum absolute atomic E-state index is 5.92. The molecule has 0 bridgehead atoms. The maximum atomic E-state index is 5.92. The van der Waals surface area contributed by atoms with Gasteiger partial charge in [-0.05, 0) is 41.2 Å². The largest absolute Gasteiger partial charge is 0.324 e. The SMILES string of the molecule is NC1C=C(c2ccc(-c3ccccc3Br)cc2)CC1. The van der Waals surface area contributed by atoms with Crippen LogP contribution in [0, 0.1) is 0 Å². The molecule has 0 amide bonds. The van der Waals surface area contributed by atoms with Crippen molar-refractivity contribution < 1.29 is 0 Å². The highest BCUT2D eigenvalue weighted by Crippen LogP contribution is 2.31. The van der Waals surface area contributed by atoms with Gasteiger partial charge in [0.05, 0.1) is 0 Å². The van der Waals surface area contributed by atoms with Gasteiger partial charge in [0.2, 0.25) is 0 Å². The first kappa shape index (κ1) is 12.6. The molecule has 2 N–H and O–H groups in total. The van der Waals surface area contributed by atoms with Crippen LogP contribution in [0.25, 0.3) is 16.7 Å². The number of benzene rings is 2. The van der Waals surface area contributed by atoms with E-state index in [2.05, 4.69) is 64.5 Å². The van der Waals surface area contributed by atoms with E-state index in [4.69, 9.17) is 5.73 Å². The summed E-state index contributed by atoms with van der Waals surface area (Å²) in [6, 6.07) is 17.3. The number of allylic oxidation sites excluding steroid dienone is 1. The summed E-state index contributed by atoms with van der Waals surface area (Å²) in [4.78, 5) is 0. The lowest BCUT2D eigenvalue weighted by Crippen LogP contribution is -2.11.